The van der Waals surface area contributed by atoms with E-state index >= 15 is 0 Å². The maximum Gasteiger partial charge on any atom is 0.337 e. The van der Waals surface area contributed by atoms with E-state index in [1.807, 2.05) is 37.3 Å². The number of hydrogen-bond donors (Lipinski definition) is 2. The summed E-state index contributed by atoms with van der Waals surface area (Å²) in [5.74, 6) is -0.0391. The summed E-state index contributed by atoms with van der Waals surface area (Å²) in [5, 5.41) is 13.6. The molecule has 0 amide bonds. The van der Waals surface area contributed by atoms with Gasteiger partial charge in [0.25, 0.3) is 0 Å². The zero-order valence-electron chi connectivity index (χ0n) is 20.2. The van der Waals surface area contributed by atoms with Crippen molar-refractivity contribution >= 4 is 11.8 Å². The number of esters is 1. The van der Waals surface area contributed by atoms with Crippen molar-refractivity contribution in [1.29, 1.82) is 0 Å². The molecule has 182 valence electrons. The minimum atomic E-state index is -0.573. The van der Waals surface area contributed by atoms with Crippen LogP contribution in [-0.4, -0.2) is 30.1 Å². The molecule has 3 aliphatic rings. The summed E-state index contributed by atoms with van der Waals surface area (Å²) in [6, 6.07) is 14.7. The molecule has 1 aliphatic heterocycles. The molecule has 5 rings (SSSR count). The first-order valence-corrected chi connectivity index (χ1v) is 12.3. The van der Waals surface area contributed by atoms with Gasteiger partial charge >= 0.3 is 5.97 Å². The predicted octanol–water partition coefficient (Wildman–Crippen LogP) is 5.25. The molecule has 2 atom stereocenters. The summed E-state index contributed by atoms with van der Waals surface area (Å²) in [5.41, 5.74) is 4.39. The van der Waals surface area contributed by atoms with Gasteiger partial charge in [-0.15, -0.1) is 0 Å². The minimum absolute atomic E-state index is 0.00609. The number of phenols is 1. The predicted molar refractivity (Wildman–Crippen MR) is 132 cm³/mol. The summed E-state index contributed by atoms with van der Waals surface area (Å²) in [6.07, 6.45) is 4.80. The molecule has 1 heterocycles. The van der Waals surface area contributed by atoms with Crippen LogP contribution in [0.1, 0.15) is 68.4 Å². The number of methoxy groups -OCH3 is 1. The molecule has 2 aliphatic carbocycles. The lowest BCUT2D eigenvalue weighted by Gasteiger charge is -2.37. The average Bonchev–Trinajstić information content (AvgIpc) is 3.36. The first kappa shape index (κ1) is 23.2. The first-order chi connectivity index (χ1) is 16.9. The van der Waals surface area contributed by atoms with Crippen LogP contribution in [0.25, 0.3) is 0 Å². The van der Waals surface area contributed by atoms with Gasteiger partial charge in [-0.1, -0.05) is 24.3 Å². The molecule has 0 unspecified atom stereocenters. The summed E-state index contributed by atoms with van der Waals surface area (Å²) < 4.78 is 11.2. The number of hydrogen-bond acceptors (Lipinski definition) is 6. The maximum atomic E-state index is 13.7. The number of benzene rings is 2. The zero-order chi connectivity index (χ0) is 24.5. The topological polar surface area (TPSA) is 84.9 Å². The Morgan fingerprint density at radius 3 is 2.46 bits per heavy atom. The highest BCUT2D eigenvalue weighted by molar-refractivity contribution is 6.04. The van der Waals surface area contributed by atoms with Crippen molar-refractivity contribution in [2.24, 2.45) is 0 Å². The van der Waals surface area contributed by atoms with Crippen molar-refractivity contribution in [3.8, 4) is 11.5 Å². The summed E-state index contributed by atoms with van der Waals surface area (Å²) >= 11 is 0. The van der Waals surface area contributed by atoms with Gasteiger partial charge in [0.05, 0.1) is 12.7 Å². The lowest BCUT2D eigenvalue weighted by Crippen LogP contribution is -2.36. The molecule has 2 aromatic rings. The highest BCUT2D eigenvalue weighted by Crippen LogP contribution is 2.46. The van der Waals surface area contributed by atoms with Crippen molar-refractivity contribution in [3.05, 3.63) is 82.2 Å². The van der Waals surface area contributed by atoms with E-state index in [1.165, 1.54) is 0 Å². The normalized spacial score (nSPS) is 22.6. The molecule has 2 N–H and O–H groups in total. The second-order valence-corrected chi connectivity index (χ2v) is 9.70. The number of carbonyl (C=O) groups is 2. The average molecular weight is 474 g/mol. The Balaban J connectivity index is 1.52. The largest absolute Gasteiger partial charge is 0.508 e. The molecule has 0 spiro atoms. The molecule has 2 aromatic carbocycles. The Bertz CT molecular complexity index is 1200. The molecule has 0 radical (unpaired) electrons. The van der Waals surface area contributed by atoms with E-state index in [0.717, 1.165) is 42.7 Å². The first-order valence-electron chi connectivity index (χ1n) is 12.3. The van der Waals surface area contributed by atoms with Crippen LogP contribution in [0.4, 0.5) is 0 Å². The second kappa shape index (κ2) is 9.61. The van der Waals surface area contributed by atoms with Crippen molar-refractivity contribution in [2.75, 3.05) is 7.11 Å². The van der Waals surface area contributed by atoms with Crippen LogP contribution < -0.4 is 10.1 Å². The van der Waals surface area contributed by atoms with Gasteiger partial charge in [0.2, 0.25) is 0 Å². The number of allylic oxidation sites excluding steroid dienone is 3. The molecule has 0 bridgehead atoms. The number of nitrogens with one attached hydrogen (secondary N) is 1. The van der Waals surface area contributed by atoms with E-state index in [1.54, 1.807) is 25.3 Å². The molecule has 1 fully saturated rings. The third kappa shape index (κ3) is 4.57. The van der Waals surface area contributed by atoms with Gasteiger partial charge in [0.1, 0.15) is 17.6 Å². The van der Waals surface area contributed by atoms with Gasteiger partial charge in [-0.25, -0.2) is 4.79 Å². The van der Waals surface area contributed by atoms with E-state index in [9.17, 15) is 14.7 Å². The molecular formula is C29H31NO5. The molecule has 0 aromatic heterocycles. The van der Waals surface area contributed by atoms with E-state index in [-0.39, 0.29) is 29.5 Å². The molecule has 6 heteroatoms. The fourth-order valence-corrected chi connectivity index (χ4v) is 5.68. The van der Waals surface area contributed by atoms with Crippen molar-refractivity contribution in [2.45, 2.75) is 63.4 Å². The number of ether oxygens (including phenoxy) is 2. The van der Waals surface area contributed by atoms with E-state index in [4.69, 9.17) is 9.47 Å². The van der Waals surface area contributed by atoms with Crippen LogP contribution >= 0.6 is 0 Å². The lowest BCUT2D eigenvalue weighted by molar-refractivity contribution is -0.144. The molecular weight excluding hydrogens is 442 g/mol. The number of phenolic OH excluding ortho intramolecular Hbond substituents is 1. The van der Waals surface area contributed by atoms with Crippen LogP contribution in [-0.2, 0) is 14.3 Å². The quantitative estimate of drug-likeness (QED) is 0.577. The number of ketones is 1. The fraction of sp³-hybridized carbons (Fsp3) is 0.379. The van der Waals surface area contributed by atoms with Gasteiger partial charge < -0.3 is 19.9 Å². The SMILES string of the molecule is COc1ccc([C@H]2CC(=O)C3=C(C2)NC(C)=C(C(=O)OC2CCCC2)[C@H]3c2cccc(O)c2)cc1. The lowest BCUT2D eigenvalue weighted by atomic mass is 9.71. The van der Waals surface area contributed by atoms with Crippen molar-refractivity contribution in [1.82, 2.24) is 5.32 Å². The molecule has 1 saturated carbocycles. The van der Waals surface area contributed by atoms with Gasteiger partial charge in [0.15, 0.2) is 5.78 Å². The smallest absolute Gasteiger partial charge is 0.337 e. The van der Waals surface area contributed by atoms with Crippen LogP contribution in [0.3, 0.4) is 0 Å². The van der Waals surface area contributed by atoms with Gasteiger partial charge in [0, 0.05) is 29.3 Å². The Morgan fingerprint density at radius 1 is 1.03 bits per heavy atom. The van der Waals surface area contributed by atoms with Crippen LogP contribution in [0.15, 0.2) is 71.1 Å². The van der Waals surface area contributed by atoms with E-state index in [0.29, 0.717) is 35.2 Å². The summed E-state index contributed by atoms with van der Waals surface area (Å²) in [4.78, 5) is 27.1. The third-order valence-electron chi connectivity index (χ3n) is 7.41. The third-order valence-corrected chi connectivity index (χ3v) is 7.41. The van der Waals surface area contributed by atoms with Gasteiger partial charge in [-0.2, -0.15) is 0 Å². The number of dihydropyridines is 1. The monoisotopic (exact) mass is 473 g/mol. The maximum absolute atomic E-state index is 13.7. The standard InChI is InChI=1S/C29H31NO5/c1-17-26(29(33)35-23-8-3-4-9-23)27(19-6-5-7-21(31)14-19)28-24(30-17)15-20(16-25(28)32)18-10-12-22(34-2)13-11-18/h5-7,10-14,20,23,27,30-31H,3-4,8-9,15-16H2,1-2H3/t20-,27-/m1/s1. The Kier molecular flexibility index (Phi) is 6.37. The number of carbonyl (C=O) groups excluding carboxylic acids is 2. The Morgan fingerprint density at radius 2 is 1.77 bits per heavy atom. The van der Waals surface area contributed by atoms with E-state index < -0.39 is 5.92 Å². The Labute approximate surface area is 205 Å². The highest BCUT2D eigenvalue weighted by atomic mass is 16.5. The molecule has 35 heavy (non-hydrogen) atoms. The summed E-state index contributed by atoms with van der Waals surface area (Å²) in [6.45, 7) is 1.87. The van der Waals surface area contributed by atoms with Gasteiger partial charge in [-0.05, 0) is 80.3 Å². The second-order valence-electron chi connectivity index (χ2n) is 9.70. The summed E-state index contributed by atoms with van der Waals surface area (Å²) in [7, 11) is 1.63. The number of aromatic hydroxyl groups is 1. The fourth-order valence-electron chi connectivity index (χ4n) is 5.68. The zero-order valence-corrected chi connectivity index (χ0v) is 20.2. The number of rotatable bonds is 5. The van der Waals surface area contributed by atoms with Crippen molar-refractivity contribution < 1.29 is 24.2 Å². The molecule has 0 saturated heterocycles. The van der Waals surface area contributed by atoms with Crippen LogP contribution in [0.2, 0.25) is 0 Å². The number of Topliss-reactive ketones (excluding diaryl/α,β-unsaturated/α-hetero) is 1. The van der Waals surface area contributed by atoms with Gasteiger partial charge in [-0.3, -0.25) is 4.79 Å². The van der Waals surface area contributed by atoms with Crippen LogP contribution in [0, 0.1) is 0 Å². The minimum Gasteiger partial charge on any atom is -0.508 e. The van der Waals surface area contributed by atoms with Crippen molar-refractivity contribution in [3.63, 3.8) is 0 Å². The highest BCUT2D eigenvalue weighted by Gasteiger charge is 2.42. The molecule has 6 nitrogen and oxygen atoms in total. The van der Waals surface area contributed by atoms with E-state index in [2.05, 4.69) is 5.32 Å². The van der Waals surface area contributed by atoms with Crippen LogP contribution in [0.5, 0.6) is 11.5 Å². The Hall–Kier alpha value is -3.54.